The van der Waals surface area contributed by atoms with Gasteiger partial charge in [-0.25, -0.2) is 0 Å². The minimum atomic E-state index is -0.419. The Morgan fingerprint density at radius 2 is 2.60 bits per heavy atom. The lowest BCUT2D eigenvalue weighted by Gasteiger charge is -2.04. The summed E-state index contributed by atoms with van der Waals surface area (Å²) < 4.78 is 2.61. The molecule has 1 unspecified atom stereocenters. The molecule has 2 N–H and O–H groups in total. The van der Waals surface area contributed by atoms with Gasteiger partial charge >= 0.3 is 0 Å². The summed E-state index contributed by atoms with van der Waals surface area (Å²) in [5.41, 5.74) is 0. The van der Waals surface area contributed by atoms with E-state index in [9.17, 15) is 5.11 Å². The van der Waals surface area contributed by atoms with Gasteiger partial charge in [-0.2, -0.15) is 0 Å². The summed E-state index contributed by atoms with van der Waals surface area (Å²) in [6.07, 6.45) is -0.419. The van der Waals surface area contributed by atoms with E-state index in [0.717, 1.165) is 4.88 Å². The summed E-state index contributed by atoms with van der Waals surface area (Å²) in [6, 6.07) is 3.82. The number of nitrogens with one attached hydrogen (secondary N) is 1. The molecule has 10 heavy (non-hydrogen) atoms. The van der Waals surface area contributed by atoms with E-state index in [2.05, 4.69) is 17.5 Å². The van der Waals surface area contributed by atoms with E-state index >= 15 is 0 Å². The third-order valence-electron chi connectivity index (χ3n) is 1.16. The molecule has 1 rings (SSSR count). The monoisotopic (exact) mass is 175 g/mol. The molecule has 0 aromatic carbocycles. The van der Waals surface area contributed by atoms with Crippen LogP contribution in [0.25, 0.3) is 0 Å². The molecule has 1 heterocycles. The summed E-state index contributed by atoms with van der Waals surface area (Å²) in [5, 5.41) is 11.2. The molecule has 1 aromatic rings. The second kappa shape index (κ2) is 3.98. The lowest BCUT2D eigenvalue weighted by Crippen LogP contribution is -2.11. The van der Waals surface area contributed by atoms with Gasteiger partial charge in [0.25, 0.3) is 0 Å². The second-order valence-electron chi connectivity index (χ2n) is 1.89. The van der Waals surface area contributed by atoms with E-state index in [1.54, 1.807) is 11.3 Å². The SMILES string of the molecule is OC(CNS)c1cccs1. The molecule has 0 aliphatic carbocycles. The summed E-state index contributed by atoms with van der Waals surface area (Å²) in [6.45, 7) is 0.490. The van der Waals surface area contributed by atoms with E-state index in [0.29, 0.717) is 6.54 Å². The van der Waals surface area contributed by atoms with Gasteiger partial charge in [-0.15, -0.1) is 11.3 Å². The topological polar surface area (TPSA) is 32.3 Å². The highest BCUT2D eigenvalue weighted by Crippen LogP contribution is 2.17. The fourth-order valence-corrected chi connectivity index (χ4v) is 1.55. The molecule has 0 saturated heterocycles. The molecule has 56 valence electrons. The van der Waals surface area contributed by atoms with Gasteiger partial charge in [0.05, 0.1) is 0 Å². The third-order valence-corrected chi connectivity index (χ3v) is 2.31. The van der Waals surface area contributed by atoms with E-state index < -0.39 is 6.10 Å². The molecular weight excluding hydrogens is 166 g/mol. The van der Waals surface area contributed by atoms with Crippen molar-refractivity contribution in [1.82, 2.24) is 4.72 Å². The lowest BCUT2D eigenvalue weighted by molar-refractivity contribution is 0.187. The first-order valence-corrected chi connectivity index (χ1v) is 4.25. The Labute approximate surface area is 69.4 Å². The number of thiol groups is 1. The Morgan fingerprint density at radius 3 is 3.10 bits per heavy atom. The molecule has 0 amide bonds. The van der Waals surface area contributed by atoms with Crippen molar-refractivity contribution < 1.29 is 5.11 Å². The van der Waals surface area contributed by atoms with Crippen molar-refractivity contribution in [2.45, 2.75) is 6.10 Å². The van der Waals surface area contributed by atoms with E-state index in [-0.39, 0.29) is 0 Å². The van der Waals surface area contributed by atoms with Gasteiger partial charge in [-0.05, 0) is 11.4 Å². The molecule has 0 fully saturated rings. The molecule has 0 radical (unpaired) electrons. The van der Waals surface area contributed by atoms with E-state index in [4.69, 9.17) is 0 Å². The summed E-state index contributed by atoms with van der Waals surface area (Å²) in [4.78, 5) is 0.974. The van der Waals surface area contributed by atoms with Gasteiger partial charge in [0, 0.05) is 11.4 Å². The molecule has 1 aromatic heterocycles. The smallest absolute Gasteiger partial charge is 0.101 e. The van der Waals surface area contributed by atoms with Crippen LogP contribution in [-0.4, -0.2) is 11.7 Å². The number of thiophene rings is 1. The summed E-state index contributed by atoms with van der Waals surface area (Å²) >= 11 is 5.33. The minimum absolute atomic E-state index is 0.419. The molecule has 4 heteroatoms. The average molecular weight is 175 g/mol. The predicted molar refractivity (Wildman–Crippen MR) is 46.3 cm³/mol. The van der Waals surface area contributed by atoms with E-state index in [1.807, 2.05) is 17.5 Å². The van der Waals surface area contributed by atoms with Crippen LogP contribution in [0, 0.1) is 0 Å². The zero-order valence-electron chi connectivity index (χ0n) is 5.32. The van der Waals surface area contributed by atoms with Crippen LogP contribution in [0.4, 0.5) is 0 Å². The van der Waals surface area contributed by atoms with Crippen molar-refractivity contribution >= 4 is 24.2 Å². The molecule has 0 spiro atoms. The maximum atomic E-state index is 9.31. The van der Waals surface area contributed by atoms with Gasteiger partial charge in [0.15, 0.2) is 0 Å². The number of aliphatic hydroxyl groups excluding tert-OH is 1. The van der Waals surface area contributed by atoms with Gasteiger partial charge in [-0.1, -0.05) is 18.9 Å². The Hall–Kier alpha value is -0.0300. The Morgan fingerprint density at radius 1 is 1.80 bits per heavy atom. The standard InChI is InChI=1S/C6H9NOS2/c8-5(4-7-9)6-2-1-3-10-6/h1-3,5,7-9H,4H2. The van der Waals surface area contributed by atoms with Crippen LogP contribution in [0.1, 0.15) is 11.0 Å². The van der Waals surface area contributed by atoms with Crippen molar-refractivity contribution in [3.05, 3.63) is 22.4 Å². The highest BCUT2D eigenvalue weighted by Gasteiger charge is 2.05. The van der Waals surface area contributed by atoms with Crippen LogP contribution in [-0.2, 0) is 0 Å². The molecule has 0 aliphatic rings. The van der Waals surface area contributed by atoms with Crippen LogP contribution in [0.15, 0.2) is 17.5 Å². The molecule has 1 atom stereocenters. The summed E-state index contributed by atoms with van der Waals surface area (Å²) in [5.74, 6) is 0. The van der Waals surface area contributed by atoms with Crippen LogP contribution in [0.2, 0.25) is 0 Å². The van der Waals surface area contributed by atoms with Crippen LogP contribution in [0.5, 0.6) is 0 Å². The molecule has 0 aliphatic heterocycles. The fraction of sp³-hybridized carbons (Fsp3) is 0.333. The van der Waals surface area contributed by atoms with Crippen molar-refractivity contribution in [2.24, 2.45) is 0 Å². The minimum Gasteiger partial charge on any atom is -0.386 e. The first-order valence-electron chi connectivity index (χ1n) is 2.93. The molecule has 2 nitrogen and oxygen atoms in total. The molecule has 0 saturated carbocycles. The van der Waals surface area contributed by atoms with Crippen molar-refractivity contribution in [1.29, 1.82) is 0 Å². The van der Waals surface area contributed by atoms with Crippen molar-refractivity contribution in [3.63, 3.8) is 0 Å². The Balaban J connectivity index is 2.50. The van der Waals surface area contributed by atoms with Crippen LogP contribution >= 0.6 is 24.2 Å². The zero-order chi connectivity index (χ0) is 7.40. The Kier molecular flexibility index (Phi) is 3.21. The second-order valence-corrected chi connectivity index (χ2v) is 3.19. The predicted octanol–water partition coefficient (Wildman–Crippen LogP) is 1.22. The van der Waals surface area contributed by atoms with Gasteiger partial charge in [0.2, 0.25) is 0 Å². The number of aliphatic hydroxyl groups is 1. The molecular formula is C6H9NOS2. The maximum Gasteiger partial charge on any atom is 0.101 e. The quantitative estimate of drug-likeness (QED) is 0.603. The third kappa shape index (κ3) is 1.98. The van der Waals surface area contributed by atoms with Gasteiger partial charge in [-0.3, -0.25) is 4.72 Å². The number of rotatable bonds is 3. The lowest BCUT2D eigenvalue weighted by atomic mass is 10.3. The highest BCUT2D eigenvalue weighted by atomic mass is 32.1. The van der Waals surface area contributed by atoms with Crippen molar-refractivity contribution in [3.8, 4) is 0 Å². The fourth-order valence-electron chi connectivity index (χ4n) is 0.668. The highest BCUT2D eigenvalue weighted by molar-refractivity contribution is 7.78. The van der Waals surface area contributed by atoms with E-state index in [1.165, 1.54) is 0 Å². The first kappa shape index (κ1) is 8.07. The maximum absolute atomic E-state index is 9.31. The Bertz CT molecular complexity index is 176. The average Bonchev–Trinajstić information content (AvgIpc) is 2.38. The normalized spacial score (nSPS) is 13.4. The van der Waals surface area contributed by atoms with Crippen LogP contribution < -0.4 is 4.72 Å². The number of hydrogen-bond donors (Lipinski definition) is 3. The van der Waals surface area contributed by atoms with Crippen LogP contribution in [0.3, 0.4) is 0 Å². The van der Waals surface area contributed by atoms with Gasteiger partial charge < -0.3 is 5.11 Å². The summed E-state index contributed by atoms with van der Waals surface area (Å²) in [7, 11) is 0. The van der Waals surface area contributed by atoms with Gasteiger partial charge in [0.1, 0.15) is 6.10 Å². The first-order chi connectivity index (χ1) is 4.84. The zero-order valence-corrected chi connectivity index (χ0v) is 7.03. The number of hydrogen-bond acceptors (Lipinski definition) is 4. The molecule has 0 bridgehead atoms. The van der Waals surface area contributed by atoms with Crippen molar-refractivity contribution in [2.75, 3.05) is 6.54 Å². The largest absolute Gasteiger partial charge is 0.386 e.